The van der Waals surface area contributed by atoms with Crippen molar-refractivity contribution in [1.29, 1.82) is 0 Å². The van der Waals surface area contributed by atoms with Crippen molar-refractivity contribution in [3.63, 3.8) is 0 Å². The predicted octanol–water partition coefficient (Wildman–Crippen LogP) is 3.14. The van der Waals surface area contributed by atoms with Crippen LogP contribution in [0.4, 0.5) is 4.39 Å². The van der Waals surface area contributed by atoms with Crippen LogP contribution in [0.3, 0.4) is 0 Å². The number of hydrogen-bond acceptors (Lipinski definition) is 1. The first-order valence-corrected chi connectivity index (χ1v) is 4.26. The first-order valence-electron chi connectivity index (χ1n) is 3.47. The lowest BCUT2D eigenvalue weighted by molar-refractivity contribution is 0.639. The van der Waals surface area contributed by atoms with Crippen LogP contribution in [0.5, 0.6) is 0 Å². The summed E-state index contributed by atoms with van der Waals surface area (Å²) in [4.78, 5) is 3.85. The molecule has 0 amide bonds. The fraction of sp³-hybridized carbons (Fsp3) is 0. The molecule has 0 saturated carbocycles. The maximum atomic E-state index is 13.1. The first kappa shape index (κ1) is 7.68. The second kappa shape index (κ2) is 2.83. The average Bonchev–Trinajstić information content (AvgIpc) is 2.12. The predicted molar refractivity (Wildman–Crippen MR) is 49.4 cm³/mol. The molecule has 1 aromatic heterocycles. The minimum Gasteiger partial charge on any atom is -0.264 e. The van der Waals surface area contributed by atoms with Crippen molar-refractivity contribution in [3.8, 4) is 0 Å². The van der Waals surface area contributed by atoms with E-state index in [0.29, 0.717) is 5.39 Å². The molecule has 0 aliphatic carbocycles. The van der Waals surface area contributed by atoms with Gasteiger partial charge in [0, 0.05) is 27.6 Å². The third kappa shape index (κ3) is 1.10. The van der Waals surface area contributed by atoms with Crippen LogP contribution in [0, 0.1) is 5.82 Å². The number of fused-ring (bicyclic) bond motifs is 1. The highest BCUT2D eigenvalue weighted by atomic mass is 79.9. The van der Waals surface area contributed by atoms with E-state index in [1.54, 1.807) is 18.3 Å². The summed E-state index contributed by atoms with van der Waals surface area (Å²) in [6.07, 6.45) is 3.17. The summed E-state index contributed by atoms with van der Waals surface area (Å²) in [6.45, 7) is 0. The van der Waals surface area contributed by atoms with Gasteiger partial charge in [-0.1, -0.05) is 15.9 Å². The molecule has 0 aliphatic heterocycles. The summed E-state index contributed by atoms with van der Waals surface area (Å²) in [6, 6.07) is 4.90. The van der Waals surface area contributed by atoms with Crippen molar-refractivity contribution >= 4 is 26.7 Å². The number of benzene rings is 1. The van der Waals surface area contributed by atoms with Gasteiger partial charge in [0.05, 0.1) is 0 Å². The Hall–Kier alpha value is -0.960. The molecule has 0 aliphatic rings. The summed E-state index contributed by atoms with van der Waals surface area (Å²) in [7, 11) is 0. The van der Waals surface area contributed by atoms with Crippen molar-refractivity contribution in [2.24, 2.45) is 0 Å². The first-order chi connectivity index (χ1) is 5.79. The summed E-state index contributed by atoms with van der Waals surface area (Å²) >= 11 is 3.34. The summed E-state index contributed by atoms with van der Waals surface area (Å²) in [5.41, 5.74) is 0. The SMILES string of the molecule is Fc1ccc(Br)c2ccncc12. The van der Waals surface area contributed by atoms with Gasteiger partial charge in [-0.05, 0) is 18.2 Å². The number of nitrogens with zero attached hydrogens (tertiary/aromatic N) is 1. The molecule has 1 aromatic carbocycles. The van der Waals surface area contributed by atoms with E-state index in [2.05, 4.69) is 20.9 Å². The molecular weight excluding hydrogens is 221 g/mol. The molecule has 2 rings (SSSR count). The molecular formula is C9H5BrFN. The van der Waals surface area contributed by atoms with Crippen molar-refractivity contribution in [2.45, 2.75) is 0 Å². The molecule has 2 aromatic rings. The molecule has 1 heterocycles. The van der Waals surface area contributed by atoms with Crippen LogP contribution in [0.25, 0.3) is 10.8 Å². The van der Waals surface area contributed by atoms with Gasteiger partial charge in [-0.2, -0.15) is 0 Å². The number of rotatable bonds is 0. The van der Waals surface area contributed by atoms with Crippen LogP contribution in [-0.4, -0.2) is 4.98 Å². The third-order valence-electron chi connectivity index (χ3n) is 1.71. The summed E-state index contributed by atoms with van der Waals surface area (Å²) in [5.74, 6) is -0.235. The van der Waals surface area contributed by atoms with E-state index in [1.165, 1.54) is 12.3 Å². The lowest BCUT2D eigenvalue weighted by Gasteiger charge is -1.99. The highest BCUT2D eigenvalue weighted by molar-refractivity contribution is 9.10. The van der Waals surface area contributed by atoms with E-state index in [1.807, 2.05) is 0 Å². The highest BCUT2D eigenvalue weighted by Gasteiger charge is 2.02. The van der Waals surface area contributed by atoms with Crippen LogP contribution in [0.1, 0.15) is 0 Å². The van der Waals surface area contributed by atoms with Crippen LogP contribution < -0.4 is 0 Å². The number of aromatic nitrogens is 1. The van der Waals surface area contributed by atoms with Crippen molar-refractivity contribution < 1.29 is 4.39 Å². The van der Waals surface area contributed by atoms with E-state index in [-0.39, 0.29) is 5.82 Å². The quantitative estimate of drug-likeness (QED) is 0.672. The van der Waals surface area contributed by atoms with Gasteiger partial charge in [0.15, 0.2) is 0 Å². The molecule has 0 N–H and O–H groups in total. The van der Waals surface area contributed by atoms with Crippen molar-refractivity contribution in [2.75, 3.05) is 0 Å². The Labute approximate surface area is 77.4 Å². The van der Waals surface area contributed by atoms with Gasteiger partial charge >= 0.3 is 0 Å². The van der Waals surface area contributed by atoms with Gasteiger partial charge in [-0.3, -0.25) is 4.98 Å². The molecule has 0 bridgehead atoms. The summed E-state index contributed by atoms with van der Waals surface area (Å²) < 4.78 is 14.0. The molecule has 0 unspecified atom stereocenters. The van der Waals surface area contributed by atoms with E-state index >= 15 is 0 Å². The van der Waals surface area contributed by atoms with Crippen LogP contribution in [0.2, 0.25) is 0 Å². The Balaban J connectivity index is 2.95. The zero-order chi connectivity index (χ0) is 8.55. The van der Waals surface area contributed by atoms with E-state index < -0.39 is 0 Å². The molecule has 0 fully saturated rings. The van der Waals surface area contributed by atoms with Gasteiger partial charge in [0.25, 0.3) is 0 Å². The lowest BCUT2D eigenvalue weighted by Crippen LogP contribution is -1.81. The lowest BCUT2D eigenvalue weighted by atomic mass is 10.2. The minimum atomic E-state index is -0.235. The largest absolute Gasteiger partial charge is 0.264 e. The standard InChI is InChI=1S/C9H5BrFN/c10-8-1-2-9(11)7-5-12-4-3-6(7)8/h1-5H. The minimum absolute atomic E-state index is 0.235. The highest BCUT2D eigenvalue weighted by Crippen LogP contribution is 2.24. The molecule has 0 saturated heterocycles. The second-order valence-corrected chi connectivity index (χ2v) is 3.30. The smallest absolute Gasteiger partial charge is 0.132 e. The van der Waals surface area contributed by atoms with E-state index in [9.17, 15) is 4.39 Å². The number of hydrogen-bond donors (Lipinski definition) is 0. The molecule has 0 radical (unpaired) electrons. The number of pyridine rings is 1. The van der Waals surface area contributed by atoms with Gasteiger partial charge in [0.2, 0.25) is 0 Å². The maximum absolute atomic E-state index is 13.1. The fourth-order valence-corrected chi connectivity index (χ4v) is 1.60. The maximum Gasteiger partial charge on any atom is 0.132 e. The Kier molecular flexibility index (Phi) is 1.81. The zero-order valence-electron chi connectivity index (χ0n) is 6.09. The Morgan fingerprint density at radius 1 is 1.17 bits per heavy atom. The van der Waals surface area contributed by atoms with Crippen LogP contribution in [0.15, 0.2) is 35.1 Å². The molecule has 1 nitrogen and oxygen atoms in total. The molecule has 12 heavy (non-hydrogen) atoms. The second-order valence-electron chi connectivity index (χ2n) is 2.45. The fourth-order valence-electron chi connectivity index (χ4n) is 1.12. The molecule has 3 heteroatoms. The number of halogens is 2. The molecule has 0 spiro atoms. The Bertz CT molecular complexity index is 387. The third-order valence-corrected chi connectivity index (χ3v) is 2.40. The van der Waals surface area contributed by atoms with Gasteiger partial charge in [-0.25, -0.2) is 4.39 Å². The molecule has 0 atom stereocenters. The Morgan fingerprint density at radius 2 is 2.00 bits per heavy atom. The van der Waals surface area contributed by atoms with Gasteiger partial charge in [-0.15, -0.1) is 0 Å². The van der Waals surface area contributed by atoms with E-state index in [0.717, 1.165) is 9.86 Å². The summed E-state index contributed by atoms with van der Waals surface area (Å²) in [5, 5.41) is 1.40. The average molecular weight is 226 g/mol. The van der Waals surface area contributed by atoms with E-state index in [4.69, 9.17) is 0 Å². The van der Waals surface area contributed by atoms with Crippen LogP contribution >= 0.6 is 15.9 Å². The normalized spacial score (nSPS) is 10.5. The van der Waals surface area contributed by atoms with Crippen LogP contribution in [-0.2, 0) is 0 Å². The van der Waals surface area contributed by atoms with Gasteiger partial charge < -0.3 is 0 Å². The van der Waals surface area contributed by atoms with Crippen molar-refractivity contribution in [3.05, 3.63) is 40.9 Å². The Morgan fingerprint density at radius 3 is 2.75 bits per heavy atom. The van der Waals surface area contributed by atoms with Crippen molar-refractivity contribution in [1.82, 2.24) is 4.98 Å². The molecule has 60 valence electrons. The zero-order valence-corrected chi connectivity index (χ0v) is 7.68. The monoisotopic (exact) mass is 225 g/mol. The van der Waals surface area contributed by atoms with Gasteiger partial charge in [0.1, 0.15) is 5.82 Å². The topological polar surface area (TPSA) is 12.9 Å².